The number of carboxylic acid groups (broad SMARTS) is 1. The van der Waals surface area contributed by atoms with Gasteiger partial charge in [0.2, 0.25) is 0 Å². The van der Waals surface area contributed by atoms with Crippen LogP contribution in [0.25, 0.3) is 0 Å². The normalized spacial score (nSPS) is 10.8. The Morgan fingerprint density at radius 2 is 2.07 bits per heavy atom. The fourth-order valence-electron chi connectivity index (χ4n) is 0.760. The number of allylic oxidation sites excluding steroid dienone is 1. The molecule has 0 rings (SSSR count). The van der Waals surface area contributed by atoms with Crippen LogP contribution in [-0.4, -0.2) is 23.7 Å². The minimum Gasteiger partial charge on any atom is -0.481 e. The molecule has 0 spiro atoms. The van der Waals surface area contributed by atoms with Crippen molar-refractivity contribution in [3.8, 4) is 0 Å². The van der Waals surface area contributed by atoms with Crippen LogP contribution in [-0.2, 0) is 14.3 Å². The largest absolute Gasteiger partial charge is 0.481 e. The molecule has 0 atom stereocenters. The predicted molar refractivity (Wildman–Crippen MR) is 51.8 cm³/mol. The molecule has 1 N–H and O–H groups in total. The molecule has 0 amide bonds. The molecule has 0 aliphatic carbocycles. The van der Waals surface area contributed by atoms with E-state index in [-0.39, 0.29) is 13.0 Å². The summed E-state index contributed by atoms with van der Waals surface area (Å²) < 4.78 is 4.69. The lowest BCUT2D eigenvalue weighted by atomic mass is 10.1. The Morgan fingerprint density at radius 1 is 1.43 bits per heavy atom. The van der Waals surface area contributed by atoms with Crippen LogP contribution in [0.2, 0.25) is 0 Å². The van der Waals surface area contributed by atoms with Gasteiger partial charge in [0.05, 0.1) is 0 Å². The molecular formula is C10H14O4. The Morgan fingerprint density at radius 3 is 2.57 bits per heavy atom. The molecule has 4 nitrogen and oxygen atoms in total. The van der Waals surface area contributed by atoms with Gasteiger partial charge in [0.25, 0.3) is 0 Å². The van der Waals surface area contributed by atoms with Crippen molar-refractivity contribution in [2.45, 2.75) is 19.8 Å². The third-order valence-corrected chi connectivity index (χ3v) is 1.44. The molecule has 0 aliphatic rings. The van der Waals surface area contributed by atoms with E-state index in [1.54, 1.807) is 6.92 Å². The molecule has 0 aromatic rings. The highest BCUT2D eigenvalue weighted by atomic mass is 16.5. The molecule has 0 aliphatic heterocycles. The quantitative estimate of drug-likeness (QED) is 0.399. The second-order valence-electron chi connectivity index (χ2n) is 2.80. The van der Waals surface area contributed by atoms with Crippen LogP contribution >= 0.6 is 0 Å². The molecule has 0 aromatic carbocycles. The van der Waals surface area contributed by atoms with Crippen molar-refractivity contribution in [2.24, 2.45) is 0 Å². The fourth-order valence-corrected chi connectivity index (χ4v) is 0.760. The molecule has 4 heteroatoms. The van der Waals surface area contributed by atoms with Crippen molar-refractivity contribution in [1.29, 1.82) is 0 Å². The number of aliphatic carboxylic acids is 1. The van der Waals surface area contributed by atoms with Gasteiger partial charge in [-0.3, -0.25) is 4.79 Å². The molecule has 0 radical (unpaired) electrons. The molecule has 0 saturated heterocycles. The van der Waals surface area contributed by atoms with Crippen molar-refractivity contribution in [1.82, 2.24) is 0 Å². The summed E-state index contributed by atoms with van der Waals surface area (Å²) in [6.45, 7) is 5.26. The highest BCUT2D eigenvalue weighted by molar-refractivity contribution is 5.82. The second kappa shape index (κ2) is 6.88. The summed E-state index contributed by atoms with van der Waals surface area (Å²) in [7, 11) is 0. The average Bonchev–Trinajstić information content (AvgIpc) is 2.11. The van der Waals surface area contributed by atoms with E-state index in [4.69, 9.17) is 5.11 Å². The zero-order valence-electron chi connectivity index (χ0n) is 8.16. The Bertz CT molecular complexity index is 253. The van der Waals surface area contributed by atoms with Crippen LogP contribution in [0, 0.1) is 0 Å². The molecular weight excluding hydrogens is 184 g/mol. The summed E-state index contributed by atoms with van der Waals surface area (Å²) in [6, 6.07) is 0. The van der Waals surface area contributed by atoms with Gasteiger partial charge in [-0.1, -0.05) is 18.2 Å². The lowest BCUT2D eigenvalue weighted by Gasteiger charge is -1.99. The number of carboxylic acids is 1. The van der Waals surface area contributed by atoms with E-state index in [0.717, 1.165) is 0 Å². The van der Waals surface area contributed by atoms with Crippen molar-refractivity contribution in [3.63, 3.8) is 0 Å². The van der Waals surface area contributed by atoms with Crippen LogP contribution < -0.4 is 0 Å². The Balaban J connectivity index is 3.89. The third-order valence-electron chi connectivity index (χ3n) is 1.44. The van der Waals surface area contributed by atoms with Gasteiger partial charge >= 0.3 is 11.9 Å². The van der Waals surface area contributed by atoms with E-state index in [9.17, 15) is 9.59 Å². The average molecular weight is 198 g/mol. The maximum atomic E-state index is 11.0. The summed E-state index contributed by atoms with van der Waals surface area (Å²) in [6.07, 6.45) is 3.15. The second-order valence-corrected chi connectivity index (χ2v) is 2.80. The predicted octanol–water partition coefficient (Wildman–Crippen LogP) is 1.53. The highest BCUT2D eigenvalue weighted by Gasteiger charge is 2.01. The zero-order valence-corrected chi connectivity index (χ0v) is 8.16. The van der Waals surface area contributed by atoms with E-state index in [1.807, 2.05) is 0 Å². The van der Waals surface area contributed by atoms with Gasteiger partial charge in [0.1, 0.15) is 6.61 Å². The van der Waals surface area contributed by atoms with E-state index < -0.39 is 11.9 Å². The smallest absolute Gasteiger partial charge is 0.331 e. The maximum Gasteiger partial charge on any atom is 0.331 e. The van der Waals surface area contributed by atoms with Crippen molar-refractivity contribution in [3.05, 3.63) is 24.3 Å². The summed E-state index contributed by atoms with van der Waals surface area (Å²) >= 11 is 0. The van der Waals surface area contributed by atoms with Gasteiger partial charge in [-0.2, -0.15) is 0 Å². The Labute approximate surface area is 82.9 Å². The van der Waals surface area contributed by atoms with Gasteiger partial charge < -0.3 is 9.84 Å². The molecule has 0 bridgehead atoms. The molecule has 14 heavy (non-hydrogen) atoms. The lowest BCUT2D eigenvalue weighted by Crippen LogP contribution is -2.02. The first-order valence-corrected chi connectivity index (χ1v) is 4.23. The summed E-state index contributed by atoms with van der Waals surface area (Å²) in [5, 5.41) is 8.38. The minimum absolute atomic E-state index is 0.0249. The monoisotopic (exact) mass is 198 g/mol. The van der Waals surface area contributed by atoms with Gasteiger partial charge in [0, 0.05) is 12.5 Å². The standard InChI is InChI=1S/C10H14O4/c1-3-6-14-10(13)7-8(2)4-5-9(11)12/h3,7H,1,4-6H2,2H3,(H,11,12). The maximum absolute atomic E-state index is 11.0. The van der Waals surface area contributed by atoms with Crippen molar-refractivity contribution < 1.29 is 19.4 Å². The number of rotatable bonds is 6. The van der Waals surface area contributed by atoms with Crippen LogP contribution in [0.4, 0.5) is 0 Å². The topological polar surface area (TPSA) is 63.6 Å². The van der Waals surface area contributed by atoms with Crippen LogP contribution in [0.1, 0.15) is 19.8 Å². The fraction of sp³-hybridized carbons (Fsp3) is 0.400. The number of ether oxygens (including phenoxy) is 1. The third kappa shape index (κ3) is 7.09. The Hall–Kier alpha value is -1.58. The van der Waals surface area contributed by atoms with Gasteiger partial charge in [-0.25, -0.2) is 4.79 Å². The summed E-state index contributed by atoms with van der Waals surface area (Å²) in [4.78, 5) is 21.2. The Kier molecular flexibility index (Phi) is 6.11. The molecule has 0 aromatic heterocycles. The minimum atomic E-state index is -0.878. The highest BCUT2D eigenvalue weighted by Crippen LogP contribution is 2.03. The van der Waals surface area contributed by atoms with E-state index >= 15 is 0 Å². The number of carbonyl (C=O) groups is 2. The number of esters is 1. The number of carbonyl (C=O) groups excluding carboxylic acids is 1. The number of hydrogen-bond acceptors (Lipinski definition) is 3. The number of hydrogen-bond donors (Lipinski definition) is 1. The van der Waals surface area contributed by atoms with Crippen LogP contribution in [0.5, 0.6) is 0 Å². The van der Waals surface area contributed by atoms with Gasteiger partial charge in [0.15, 0.2) is 0 Å². The zero-order chi connectivity index (χ0) is 11.0. The van der Waals surface area contributed by atoms with Gasteiger partial charge in [-0.15, -0.1) is 0 Å². The molecule has 0 fully saturated rings. The van der Waals surface area contributed by atoms with Crippen LogP contribution in [0.15, 0.2) is 24.3 Å². The van der Waals surface area contributed by atoms with E-state index in [2.05, 4.69) is 11.3 Å². The van der Waals surface area contributed by atoms with Crippen molar-refractivity contribution >= 4 is 11.9 Å². The van der Waals surface area contributed by atoms with E-state index in [0.29, 0.717) is 12.0 Å². The lowest BCUT2D eigenvalue weighted by molar-refractivity contribution is -0.138. The van der Waals surface area contributed by atoms with Crippen molar-refractivity contribution in [2.75, 3.05) is 6.61 Å². The summed E-state index contributed by atoms with van der Waals surface area (Å²) in [5.41, 5.74) is 0.696. The first-order chi connectivity index (χ1) is 6.56. The van der Waals surface area contributed by atoms with Crippen LogP contribution in [0.3, 0.4) is 0 Å². The van der Waals surface area contributed by atoms with Gasteiger partial charge in [-0.05, 0) is 13.3 Å². The molecule has 0 heterocycles. The first-order valence-electron chi connectivity index (χ1n) is 4.23. The molecule has 0 saturated carbocycles. The van der Waals surface area contributed by atoms with E-state index in [1.165, 1.54) is 12.2 Å². The molecule has 78 valence electrons. The summed E-state index contributed by atoms with van der Waals surface area (Å²) in [5.74, 6) is -1.34. The molecule has 0 unspecified atom stereocenters. The SMILES string of the molecule is C=CCOC(=O)C=C(C)CCC(=O)O. The first kappa shape index (κ1) is 12.4.